The van der Waals surface area contributed by atoms with Crippen molar-refractivity contribution in [1.29, 1.82) is 0 Å². The van der Waals surface area contributed by atoms with Gasteiger partial charge >= 0.3 is 0 Å². The molecule has 0 atom stereocenters. The third-order valence-electron chi connectivity index (χ3n) is 1.95. The van der Waals surface area contributed by atoms with Gasteiger partial charge in [0, 0.05) is 0 Å². The van der Waals surface area contributed by atoms with Crippen LogP contribution in [0.5, 0.6) is 0 Å². The number of fused-ring (bicyclic) bond motifs is 1. The molecule has 0 bridgehead atoms. The van der Waals surface area contributed by atoms with Crippen LogP contribution in [-0.4, -0.2) is 22.1 Å². The van der Waals surface area contributed by atoms with Gasteiger partial charge in [0.05, 0.1) is 17.9 Å². The van der Waals surface area contributed by atoms with Gasteiger partial charge in [-0.05, 0) is 6.92 Å². The number of nitrogens with one attached hydrogen (secondary N) is 1. The van der Waals surface area contributed by atoms with Gasteiger partial charge in [0.25, 0.3) is 0 Å². The first-order chi connectivity index (χ1) is 5.68. The topological polar surface area (TPSA) is 72.9 Å². The van der Waals surface area contributed by atoms with E-state index in [2.05, 4.69) is 10.4 Å². The maximum atomic E-state index is 11.0. The molecular weight excluding hydrogens is 156 g/mol. The van der Waals surface area contributed by atoms with Gasteiger partial charge in [0.1, 0.15) is 12.4 Å². The molecule has 5 nitrogen and oxygen atoms in total. The lowest BCUT2D eigenvalue weighted by Crippen LogP contribution is -2.27. The van der Waals surface area contributed by atoms with E-state index in [0.717, 1.165) is 11.5 Å². The predicted molar refractivity (Wildman–Crippen MR) is 44.9 cm³/mol. The lowest BCUT2D eigenvalue weighted by atomic mass is 10.3. The number of carbonyl (C=O) groups excluding carboxylic acids is 1. The number of aryl methyl sites for hydroxylation is 1. The van der Waals surface area contributed by atoms with Crippen molar-refractivity contribution in [1.82, 2.24) is 9.78 Å². The van der Waals surface area contributed by atoms with Crippen molar-refractivity contribution in [3.05, 3.63) is 5.69 Å². The smallest absolute Gasteiger partial charge is 0.173 e. The van der Waals surface area contributed by atoms with Gasteiger partial charge in [-0.25, -0.2) is 4.68 Å². The van der Waals surface area contributed by atoms with Crippen LogP contribution >= 0.6 is 0 Å². The molecule has 1 aromatic rings. The van der Waals surface area contributed by atoms with Crippen molar-refractivity contribution in [2.24, 2.45) is 0 Å². The molecule has 3 N–H and O–H groups in total. The number of Topliss-reactive ketones (excluding diaryl/α,β-unsaturated/α-hetero) is 1. The van der Waals surface area contributed by atoms with Gasteiger partial charge in [0.15, 0.2) is 5.78 Å². The number of carbonyl (C=O) groups is 1. The van der Waals surface area contributed by atoms with Crippen molar-refractivity contribution in [2.45, 2.75) is 13.5 Å². The highest BCUT2D eigenvalue weighted by Crippen LogP contribution is 2.23. The van der Waals surface area contributed by atoms with E-state index < -0.39 is 0 Å². The van der Waals surface area contributed by atoms with E-state index in [1.165, 1.54) is 0 Å². The molecule has 0 amide bonds. The molecule has 0 saturated carbocycles. The van der Waals surface area contributed by atoms with Crippen molar-refractivity contribution < 1.29 is 4.79 Å². The number of nitrogen functional groups attached to an aromatic ring is 1. The summed E-state index contributed by atoms with van der Waals surface area (Å²) < 4.78 is 1.61. The Balaban J connectivity index is 2.49. The molecule has 2 rings (SSSR count). The van der Waals surface area contributed by atoms with Crippen LogP contribution in [0.15, 0.2) is 0 Å². The van der Waals surface area contributed by atoms with Crippen LogP contribution in [0.1, 0.15) is 5.69 Å². The molecule has 0 saturated heterocycles. The summed E-state index contributed by atoms with van der Waals surface area (Å²) in [5, 5.41) is 7.04. The lowest BCUT2D eigenvalue weighted by molar-refractivity contribution is -0.118. The second kappa shape index (κ2) is 2.23. The van der Waals surface area contributed by atoms with Crippen LogP contribution in [0.3, 0.4) is 0 Å². The van der Waals surface area contributed by atoms with Crippen LogP contribution in [0.4, 0.5) is 11.5 Å². The van der Waals surface area contributed by atoms with Crippen molar-refractivity contribution in [3.63, 3.8) is 0 Å². The fourth-order valence-electron chi connectivity index (χ4n) is 1.30. The minimum absolute atomic E-state index is 0.130. The Hall–Kier alpha value is -1.52. The summed E-state index contributed by atoms with van der Waals surface area (Å²) in [6, 6.07) is 0. The lowest BCUT2D eigenvalue weighted by Gasteiger charge is -2.14. The number of nitrogens with zero attached hydrogens (tertiary/aromatic N) is 2. The quantitative estimate of drug-likeness (QED) is 0.558. The molecule has 1 aromatic heterocycles. The molecule has 12 heavy (non-hydrogen) atoms. The summed E-state index contributed by atoms with van der Waals surface area (Å²) >= 11 is 0. The van der Waals surface area contributed by atoms with E-state index in [-0.39, 0.29) is 5.78 Å². The Bertz CT molecular complexity index is 341. The molecule has 64 valence electrons. The van der Waals surface area contributed by atoms with Gasteiger partial charge in [-0.15, -0.1) is 0 Å². The summed E-state index contributed by atoms with van der Waals surface area (Å²) in [5.41, 5.74) is 7.12. The molecule has 0 unspecified atom stereocenters. The highest BCUT2D eigenvalue weighted by Gasteiger charge is 2.19. The normalized spacial score (nSPS) is 15.6. The predicted octanol–water partition coefficient (Wildman–Crippen LogP) is -0.232. The third kappa shape index (κ3) is 0.861. The highest BCUT2D eigenvalue weighted by atomic mass is 16.1. The number of ketones is 1. The number of nitrogens with two attached hydrogens (primary N) is 1. The van der Waals surface area contributed by atoms with Crippen LogP contribution in [0, 0.1) is 6.92 Å². The Morgan fingerprint density at radius 3 is 3.17 bits per heavy atom. The van der Waals surface area contributed by atoms with Gasteiger partial charge in [-0.2, -0.15) is 5.10 Å². The standard InChI is InChI=1S/C7H10N4O/c1-4-6(8)7-9-2-5(12)3-11(7)10-4/h9H,2-3,8H2,1H3. The van der Waals surface area contributed by atoms with Gasteiger partial charge < -0.3 is 11.1 Å². The molecule has 0 aromatic carbocycles. The molecule has 0 spiro atoms. The zero-order valence-electron chi connectivity index (χ0n) is 6.79. The first kappa shape index (κ1) is 7.15. The molecule has 0 fully saturated rings. The van der Waals surface area contributed by atoms with Crippen LogP contribution < -0.4 is 11.1 Å². The number of rotatable bonds is 0. The minimum atomic E-state index is 0.130. The second-order valence-corrected chi connectivity index (χ2v) is 2.90. The van der Waals surface area contributed by atoms with Gasteiger partial charge in [-0.3, -0.25) is 4.79 Å². The van der Waals surface area contributed by atoms with Crippen LogP contribution in [-0.2, 0) is 11.3 Å². The summed E-state index contributed by atoms with van der Waals surface area (Å²) in [5.74, 6) is 0.900. The zero-order valence-corrected chi connectivity index (χ0v) is 6.79. The summed E-state index contributed by atoms with van der Waals surface area (Å²) in [6.07, 6.45) is 0. The maximum absolute atomic E-state index is 11.0. The van der Waals surface area contributed by atoms with Crippen molar-refractivity contribution in [2.75, 3.05) is 17.6 Å². The zero-order chi connectivity index (χ0) is 8.72. The Morgan fingerprint density at radius 1 is 1.67 bits per heavy atom. The van der Waals surface area contributed by atoms with E-state index in [1.807, 2.05) is 6.92 Å². The summed E-state index contributed by atoms with van der Waals surface area (Å²) in [7, 11) is 0. The fraction of sp³-hybridized carbons (Fsp3) is 0.429. The van der Waals surface area contributed by atoms with Crippen molar-refractivity contribution >= 4 is 17.3 Å². The van der Waals surface area contributed by atoms with Gasteiger partial charge in [0.2, 0.25) is 0 Å². The molecule has 2 heterocycles. The molecule has 1 aliphatic rings. The Kier molecular flexibility index (Phi) is 1.33. The number of hydrogen-bond donors (Lipinski definition) is 2. The molecular formula is C7H10N4O. The molecule has 5 heteroatoms. The molecule has 0 aliphatic carbocycles. The first-order valence-corrected chi connectivity index (χ1v) is 3.77. The SMILES string of the molecule is Cc1nn2c(c1N)NCC(=O)C2. The van der Waals surface area contributed by atoms with E-state index in [4.69, 9.17) is 5.73 Å². The van der Waals surface area contributed by atoms with Crippen LogP contribution in [0.2, 0.25) is 0 Å². The second-order valence-electron chi connectivity index (χ2n) is 2.90. The highest BCUT2D eigenvalue weighted by molar-refractivity contribution is 5.86. The van der Waals surface area contributed by atoms with Crippen molar-refractivity contribution in [3.8, 4) is 0 Å². The minimum Gasteiger partial charge on any atom is -0.394 e. The van der Waals surface area contributed by atoms with Crippen LogP contribution in [0.25, 0.3) is 0 Å². The van der Waals surface area contributed by atoms with Gasteiger partial charge in [-0.1, -0.05) is 0 Å². The largest absolute Gasteiger partial charge is 0.394 e. The first-order valence-electron chi connectivity index (χ1n) is 3.77. The van der Waals surface area contributed by atoms with E-state index in [0.29, 0.717) is 18.8 Å². The Morgan fingerprint density at radius 2 is 2.42 bits per heavy atom. The summed E-state index contributed by atoms with van der Waals surface area (Å²) in [4.78, 5) is 11.0. The fourth-order valence-corrected chi connectivity index (χ4v) is 1.30. The molecule has 0 radical (unpaired) electrons. The summed E-state index contributed by atoms with van der Waals surface area (Å²) in [6.45, 7) is 2.52. The monoisotopic (exact) mass is 166 g/mol. The number of hydrogen-bond acceptors (Lipinski definition) is 4. The van der Waals surface area contributed by atoms with E-state index >= 15 is 0 Å². The number of aromatic nitrogens is 2. The van der Waals surface area contributed by atoms with E-state index in [1.54, 1.807) is 4.68 Å². The third-order valence-corrected chi connectivity index (χ3v) is 1.95. The molecule has 1 aliphatic heterocycles. The average Bonchev–Trinajstić information content (AvgIpc) is 2.28. The average molecular weight is 166 g/mol. The van der Waals surface area contributed by atoms with E-state index in [9.17, 15) is 4.79 Å². The number of anilines is 2. The Labute approximate surface area is 69.5 Å². The maximum Gasteiger partial charge on any atom is 0.173 e.